The third-order valence-corrected chi connectivity index (χ3v) is 2.80. The van der Waals surface area contributed by atoms with Gasteiger partial charge in [-0.05, 0) is 23.6 Å². The van der Waals surface area contributed by atoms with Crippen molar-refractivity contribution in [3.63, 3.8) is 0 Å². The van der Waals surface area contributed by atoms with E-state index in [0.717, 1.165) is 21.7 Å². The highest BCUT2D eigenvalue weighted by Gasteiger charge is 2.05. The lowest BCUT2D eigenvalue weighted by molar-refractivity contribution is 0.969. The smallest absolute Gasteiger partial charge is 0.256 e. The molecule has 2 aromatic heterocycles. The fourth-order valence-corrected chi connectivity index (χ4v) is 2.04. The Balaban J connectivity index is 2.70. The topological polar surface area (TPSA) is 37.8 Å². The molecule has 15 heavy (non-hydrogen) atoms. The molecule has 0 bridgehead atoms. The lowest BCUT2D eigenvalue weighted by Gasteiger charge is -1.99. The van der Waals surface area contributed by atoms with Crippen molar-refractivity contribution in [2.75, 3.05) is 0 Å². The Morgan fingerprint density at radius 3 is 2.93 bits per heavy atom. The summed E-state index contributed by atoms with van der Waals surface area (Å²) in [6.07, 6.45) is 3.65. The maximum absolute atomic E-state index is 11.7. The van der Waals surface area contributed by atoms with E-state index in [4.69, 9.17) is 0 Å². The molecule has 0 saturated heterocycles. The fraction of sp³-hybridized carbons (Fsp3) is 0.0833. The van der Waals surface area contributed by atoms with Crippen LogP contribution in [-0.4, -0.2) is 9.55 Å². The summed E-state index contributed by atoms with van der Waals surface area (Å²) in [5.41, 5.74) is 1.06. The summed E-state index contributed by atoms with van der Waals surface area (Å²) in [6.45, 7) is 0. The first-order valence-corrected chi connectivity index (χ1v) is 4.83. The van der Waals surface area contributed by atoms with Gasteiger partial charge in [-0.3, -0.25) is 4.79 Å². The third-order valence-electron chi connectivity index (χ3n) is 2.80. The van der Waals surface area contributed by atoms with Crippen LogP contribution in [0.1, 0.15) is 0 Å². The van der Waals surface area contributed by atoms with Crippen LogP contribution in [0.3, 0.4) is 0 Å². The van der Waals surface area contributed by atoms with Crippen LogP contribution in [0.4, 0.5) is 0 Å². The van der Waals surface area contributed by atoms with Crippen LogP contribution in [0, 0.1) is 0 Å². The van der Waals surface area contributed by atoms with E-state index in [1.807, 2.05) is 42.1 Å². The predicted molar refractivity (Wildman–Crippen MR) is 61.0 cm³/mol. The molecule has 3 heteroatoms. The molecule has 0 aliphatic carbocycles. The van der Waals surface area contributed by atoms with Gasteiger partial charge in [-0.25, -0.2) is 0 Å². The van der Waals surface area contributed by atoms with Crippen molar-refractivity contribution in [2.45, 2.75) is 0 Å². The van der Waals surface area contributed by atoms with E-state index in [1.54, 1.807) is 6.20 Å². The standard InChI is InChI=1S/C12H10N2O/c1-14-7-5-9-10(14)3-2-8-4-6-13-12(15)11(8)9/h2-7H,1H3,(H,13,15). The normalized spacial score (nSPS) is 11.3. The zero-order valence-corrected chi connectivity index (χ0v) is 8.32. The number of nitrogens with zero attached hydrogens (tertiary/aromatic N) is 1. The molecule has 0 radical (unpaired) electrons. The molecule has 3 rings (SSSR count). The van der Waals surface area contributed by atoms with E-state index in [2.05, 4.69) is 4.98 Å². The molecule has 0 saturated carbocycles. The van der Waals surface area contributed by atoms with Gasteiger partial charge >= 0.3 is 0 Å². The van der Waals surface area contributed by atoms with Crippen LogP contribution >= 0.6 is 0 Å². The molecule has 0 fully saturated rings. The van der Waals surface area contributed by atoms with Crippen molar-refractivity contribution in [2.24, 2.45) is 7.05 Å². The minimum atomic E-state index is -0.0238. The second-order valence-corrected chi connectivity index (χ2v) is 3.70. The Kier molecular flexibility index (Phi) is 1.51. The van der Waals surface area contributed by atoms with Crippen molar-refractivity contribution in [1.29, 1.82) is 0 Å². The Hall–Kier alpha value is -2.03. The number of hydrogen-bond donors (Lipinski definition) is 1. The molecule has 0 spiro atoms. The maximum Gasteiger partial charge on any atom is 0.256 e. The second kappa shape index (κ2) is 2.73. The van der Waals surface area contributed by atoms with Crippen LogP contribution < -0.4 is 5.56 Å². The molecule has 0 aliphatic rings. The molecule has 3 aromatic rings. The zero-order chi connectivity index (χ0) is 10.4. The number of aromatic amines is 1. The van der Waals surface area contributed by atoms with Crippen molar-refractivity contribution in [3.05, 3.63) is 47.0 Å². The third kappa shape index (κ3) is 1.03. The molecular formula is C12H10N2O. The number of H-pyrrole nitrogens is 1. The fourth-order valence-electron chi connectivity index (χ4n) is 2.04. The summed E-state index contributed by atoms with van der Waals surface area (Å²) < 4.78 is 2.02. The first kappa shape index (κ1) is 8.29. The highest BCUT2D eigenvalue weighted by Crippen LogP contribution is 2.22. The average Bonchev–Trinajstić information content (AvgIpc) is 2.61. The quantitative estimate of drug-likeness (QED) is 0.589. The number of rotatable bonds is 0. The van der Waals surface area contributed by atoms with Gasteiger partial charge in [-0.2, -0.15) is 0 Å². The summed E-state index contributed by atoms with van der Waals surface area (Å²) in [6, 6.07) is 7.92. The minimum Gasteiger partial charge on any atom is -0.351 e. The highest BCUT2D eigenvalue weighted by atomic mass is 16.1. The van der Waals surface area contributed by atoms with Gasteiger partial charge in [0.2, 0.25) is 0 Å². The minimum absolute atomic E-state index is 0.0238. The number of aromatic nitrogens is 2. The summed E-state index contributed by atoms with van der Waals surface area (Å²) >= 11 is 0. The first-order chi connectivity index (χ1) is 7.27. The van der Waals surface area contributed by atoms with E-state index in [0.29, 0.717) is 0 Å². The molecule has 74 valence electrons. The SMILES string of the molecule is Cn1ccc2c3c(=O)[nH]ccc3ccc21. The lowest BCUT2D eigenvalue weighted by Crippen LogP contribution is -2.04. The Morgan fingerprint density at radius 2 is 2.07 bits per heavy atom. The molecule has 0 unspecified atom stereocenters. The molecule has 3 nitrogen and oxygen atoms in total. The van der Waals surface area contributed by atoms with Crippen molar-refractivity contribution in [1.82, 2.24) is 9.55 Å². The molecule has 2 heterocycles. The van der Waals surface area contributed by atoms with Crippen LogP contribution in [0.25, 0.3) is 21.7 Å². The van der Waals surface area contributed by atoms with E-state index >= 15 is 0 Å². The summed E-state index contributed by atoms with van der Waals surface area (Å²) in [5.74, 6) is 0. The number of benzene rings is 1. The maximum atomic E-state index is 11.7. The van der Waals surface area contributed by atoms with Gasteiger partial charge < -0.3 is 9.55 Å². The van der Waals surface area contributed by atoms with Crippen LogP contribution in [0.2, 0.25) is 0 Å². The number of pyridine rings is 1. The predicted octanol–water partition coefficient (Wildman–Crippen LogP) is 2.02. The largest absolute Gasteiger partial charge is 0.351 e. The van der Waals surface area contributed by atoms with E-state index in [-0.39, 0.29) is 5.56 Å². The van der Waals surface area contributed by atoms with Gasteiger partial charge in [-0.15, -0.1) is 0 Å². The van der Waals surface area contributed by atoms with Gasteiger partial charge in [0.25, 0.3) is 5.56 Å². The number of aryl methyl sites for hydroxylation is 1. The van der Waals surface area contributed by atoms with Crippen molar-refractivity contribution < 1.29 is 0 Å². The summed E-state index contributed by atoms with van der Waals surface area (Å²) in [4.78, 5) is 14.4. The second-order valence-electron chi connectivity index (χ2n) is 3.70. The van der Waals surface area contributed by atoms with E-state index < -0.39 is 0 Å². The first-order valence-electron chi connectivity index (χ1n) is 4.83. The van der Waals surface area contributed by atoms with E-state index in [9.17, 15) is 4.79 Å². The Bertz CT molecular complexity index is 706. The Morgan fingerprint density at radius 1 is 1.20 bits per heavy atom. The molecular weight excluding hydrogens is 188 g/mol. The number of fused-ring (bicyclic) bond motifs is 3. The summed E-state index contributed by atoms with van der Waals surface area (Å²) in [5, 5.41) is 2.77. The van der Waals surface area contributed by atoms with Gasteiger partial charge in [0.05, 0.1) is 5.39 Å². The highest BCUT2D eigenvalue weighted by molar-refractivity contribution is 6.06. The molecule has 0 aliphatic heterocycles. The zero-order valence-electron chi connectivity index (χ0n) is 8.32. The van der Waals surface area contributed by atoms with Crippen molar-refractivity contribution in [3.8, 4) is 0 Å². The number of hydrogen-bond acceptors (Lipinski definition) is 1. The van der Waals surface area contributed by atoms with Crippen LogP contribution in [0.15, 0.2) is 41.5 Å². The molecule has 0 amide bonds. The van der Waals surface area contributed by atoms with Crippen molar-refractivity contribution >= 4 is 21.7 Å². The monoisotopic (exact) mass is 198 g/mol. The van der Waals surface area contributed by atoms with Gasteiger partial charge in [-0.1, -0.05) is 6.07 Å². The average molecular weight is 198 g/mol. The molecule has 1 aromatic carbocycles. The van der Waals surface area contributed by atoms with Gasteiger partial charge in [0.1, 0.15) is 0 Å². The summed E-state index contributed by atoms with van der Waals surface area (Å²) in [7, 11) is 1.98. The Labute approximate surface area is 86.0 Å². The molecule has 0 atom stereocenters. The van der Waals surface area contributed by atoms with Gasteiger partial charge in [0, 0.05) is 30.3 Å². The van der Waals surface area contributed by atoms with E-state index in [1.165, 1.54) is 0 Å². The van der Waals surface area contributed by atoms with Crippen LogP contribution in [0.5, 0.6) is 0 Å². The van der Waals surface area contributed by atoms with Gasteiger partial charge in [0.15, 0.2) is 0 Å². The van der Waals surface area contributed by atoms with Crippen LogP contribution in [-0.2, 0) is 7.05 Å². The lowest BCUT2D eigenvalue weighted by atomic mass is 10.1. The number of nitrogens with one attached hydrogen (secondary N) is 1. The molecule has 1 N–H and O–H groups in total.